The SMILES string of the molecule is CC(C)(C)C(=O)n1cc(C(=O)C2CSC(c3cccnc3)N2)c2ccccc21. The number of carbonyl (C=O) groups is 2. The second-order valence-corrected chi connectivity index (χ2v) is 9.21. The average Bonchev–Trinajstić information content (AvgIpc) is 3.32. The summed E-state index contributed by atoms with van der Waals surface area (Å²) in [6, 6.07) is 11.2. The van der Waals surface area contributed by atoms with Crippen LogP contribution in [0.3, 0.4) is 0 Å². The van der Waals surface area contributed by atoms with Gasteiger partial charge in [0, 0.05) is 40.7 Å². The van der Waals surface area contributed by atoms with Gasteiger partial charge in [0.05, 0.1) is 16.9 Å². The van der Waals surface area contributed by atoms with E-state index in [1.165, 1.54) is 0 Å². The first-order chi connectivity index (χ1) is 13.4. The van der Waals surface area contributed by atoms with Gasteiger partial charge in [0.15, 0.2) is 5.78 Å². The molecule has 4 rings (SSSR count). The molecule has 1 fully saturated rings. The molecular weight excluding hydrogens is 370 g/mol. The van der Waals surface area contributed by atoms with Gasteiger partial charge in [-0.15, -0.1) is 11.8 Å². The predicted molar refractivity (Wildman–Crippen MR) is 113 cm³/mol. The lowest BCUT2D eigenvalue weighted by Crippen LogP contribution is -2.34. The van der Waals surface area contributed by atoms with Gasteiger partial charge in [-0.2, -0.15) is 0 Å². The number of benzene rings is 1. The molecule has 3 aromatic rings. The average molecular weight is 394 g/mol. The van der Waals surface area contributed by atoms with Crippen molar-refractivity contribution < 1.29 is 9.59 Å². The van der Waals surface area contributed by atoms with Crippen molar-refractivity contribution in [2.75, 3.05) is 5.75 Å². The molecule has 0 spiro atoms. The smallest absolute Gasteiger partial charge is 0.236 e. The molecule has 1 aromatic carbocycles. The summed E-state index contributed by atoms with van der Waals surface area (Å²) in [6.07, 6.45) is 5.28. The molecule has 0 radical (unpaired) electrons. The molecule has 6 heteroatoms. The van der Waals surface area contributed by atoms with Gasteiger partial charge in [-0.25, -0.2) is 0 Å². The molecule has 5 nitrogen and oxygen atoms in total. The number of para-hydroxylation sites is 1. The zero-order valence-electron chi connectivity index (χ0n) is 16.2. The first-order valence-electron chi connectivity index (χ1n) is 9.33. The summed E-state index contributed by atoms with van der Waals surface area (Å²) in [4.78, 5) is 30.4. The van der Waals surface area contributed by atoms with E-state index in [0.29, 0.717) is 11.3 Å². The number of carbonyl (C=O) groups excluding carboxylic acids is 2. The van der Waals surface area contributed by atoms with Gasteiger partial charge in [0.25, 0.3) is 0 Å². The Kier molecular flexibility index (Phi) is 4.85. The Hall–Kier alpha value is -2.44. The van der Waals surface area contributed by atoms with Crippen LogP contribution in [0.1, 0.15) is 46.9 Å². The van der Waals surface area contributed by atoms with E-state index in [4.69, 9.17) is 0 Å². The van der Waals surface area contributed by atoms with Crippen molar-refractivity contribution in [1.82, 2.24) is 14.9 Å². The highest BCUT2D eigenvalue weighted by Gasteiger charge is 2.33. The number of thioether (sulfide) groups is 1. The quantitative estimate of drug-likeness (QED) is 0.672. The van der Waals surface area contributed by atoms with Crippen molar-refractivity contribution in [2.24, 2.45) is 5.41 Å². The Labute approximate surface area is 168 Å². The van der Waals surface area contributed by atoms with Crippen LogP contribution in [0.2, 0.25) is 0 Å². The van der Waals surface area contributed by atoms with Crippen LogP contribution in [0.15, 0.2) is 55.0 Å². The van der Waals surface area contributed by atoms with Crippen LogP contribution in [0.4, 0.5) is 0 Å². The number of rotatable bonds is 3. The molecule has 0 amide bonds. The maximum Gasteiger partial charge on any atom is 0.236 e. The number of nitrogens with one attached hydrogen (secondary N) is 1. The van der Waals surface area contributed by atoms with Crippen LogP contribution in [0.25, 0.3) is 10.9 Å². The minimum absolute atomic E-state index is 0.0234. The van der Waals surface area contributed by atoms with Gasteiger partial charge >= 0.3 is 0 Å². The molecule has 2 unspecified atom stereocenters. The fourth-order valence-corrected chi connectivity index (χ4v) is 4.66. The van der Waals surface area contributed by atoms with E-state index in [0.717, 1.165) is 16.5 Å². The third-order valence-electron chi connectivity index (χ3n) is 4.92. The zero-order chi connectivity index (χ0) is 19.9. The molecule has 0 saturated carbocycles. The number of pyridine rings is 1. The van der Waals surface area contributed by atoms with Crippen molar-refractivity contribution in [1.29, 1.82) is 0 Å². The number of hydrogen-bond acceptors (Lipinski definition) is 5. The van der Waals surface area contributed by atoms with Crippen molar-refractivity contribution in [2.45, 2.75) is 32.2 Å². The molecule has 144 valence electrons. The van der Waals surface area contributed by atoms with Crippen LogP contribution in [0, 0.1) is 5.41 Å². The molecule has 1 aliphatic heterocycles. The lowest BCUT2D eigenvalue weighted by atomic mass is 9.95. The zero-order valence-corrected chi connectivity index (χ0v) is 17.0. The van der Waals surface area contributed by atoms with Gasteiger partial charge in [0.1, 0.15) is 0 Å². The second kappa shape index (κ2) is 7.18. The van der Waals surface area contributed by atoms with Crippen LogP contribution in [-0.4, -0.2) is 33.0 Å². The lowest BCUT2D eigenvalue weighted by molar-refractivity contribution is 0.0772. The first-order valence-corrected chi connectivity index (χ1v) is 10.4. The maximum absolute atomic E-state index is 13.3. The highest BCUT2D eigenvalue weighted by Crippen LogP contribution is 2.34. The van der Waals surface area contributed by atoms with Crippen LogP contribution in [0.5, 0.6) is 0 Å². The molecular formula is C22H23N3O2S. The van der Waals surface area contributed by atoms with Gasteiger partial charge in [-0.3, -0.25) is 24.5 Å². The molecule has 28 heavy (non-hydrogen) atoms. The van der Waals surface area contributed by atoms with E-state index in [-0.39, 0.29) is 23.1 Å². The summed E-state index contributed by atoms with van der Waals surface area (Å²) in [5.41, 5.74) is 1.90. The standard InChI is InChI=1S/C22H23N3O2S/c1-22(2,3)21(27)25-12-16(15-8-4-5-9-18(15)25)19(26)17-13-28-20(24-17)14-7-6-10-23-11-14/h4-12,17,20,24H,13H2,1-3H3. The van der Waals surface area contributed by atoms with Crippen molar-refractivity contribution in [3.8, 4) is 0 Å². The van der Waals surface area contributed by atoms with Gasteiger partial charge in [-0.05, 0) is 17.7 Å². The Morgan fingerprint density at radius 1 is 1.18 bits per heavy atom. The number of nitrogens with zero attached hydrogens (tertiary/aromatic N) is 2. The number of Topliss-reactive ketones (excluding diaryl/α,β-unsaturated/α-hetero) is 1. The van der Waals surface area contributed by atoms with Gasteiger partial charge < -0.3 is 0 Å². The number of fused-ring (bicyclic) bond motifs is 1. The molecule has 2 atom stereocenters. The highest BCUT2D eigenvalue weighted by molar-refractivity contribution is 7.99. The van der Waals surface area contributed by atoms with E-state index in [9.17, 15) is 9.59 Å². The topological polar surface area (TPSA) is 64.0 Å². The highest BCUT2D eigenvalue weighted by atomic mass is 32.2. The van der Waals surface area contributed by atoms with Gasteiger partial charge in [0.2, 0.25) is 5.91 Å². The summed E-state index contributed by atoms with van der Waals surface area (Å²) >= 11 is 1.70. The Bertz CT molecular complexity index is 1040. The minimum atomic E-state index is -0.533. The molecule has 1 saturated heterocycles. The van der Waals surface area contributed by atoms with Gasteiger partial charge in [-0.1, -0.05) is 45.0 Å². The predicted octanol–water partition coefficient (Wildman–Crippen LogP) is 4.31. The number of aromatic nitrogens is 2. The third-order valence-corrected chi connectivity index (χ3v) is 6.19. The van der Waals surface area contributed by atoms with E-state index < -0.39 is 5.41 Å². The Morgan fingerprint density at radius 3 is 2.68 bits per heavy atom. The summed E-state index contributed by atoms with van der Waals surface area (Å²) in [7, 11) is 0. The molecule has 0 aliphatic carbocycles. The van der Waals surface area contributed by atoms with Crippen LogP contribution < -0.4 is 5.32 Å². The van der Waals surface area contributed by atoms with Crippen molar-refractivity contribution in [3.05, 3.63) is 66.1 Å². The monoisotopic (exact) mass is 393 g/mol. The van der Waals surface area contributed by atoms with Crippen molar-refractivity contribution in [3.63, 3.8) is 0 Å². The van der Waals surface area contributed by atoms with E-state index in [1.54, 1.807) is 28.7 Å². The Morgan fingerprint density at radius 2 is 1.96 bits per heavy atom. The minimum Gasteiger partial charge on any atom is -0.292 e. The summed E-state index contributed by atoms with van der Waals surface area (Å²) in [6.45, 7) is 5.66. The lowest BCUT2D eigenvalue weighted by Gasteiger charge is -2.17. The van der Waals surface area contributed by atoms with E-state index >= 15 is 0 Å². The summed E-state index contributed by atoms with van der Waals surface area (Å²) < 4.78 is 1.63. The summed E-state index contributed by atoms with van der Waals surface area (Å²) in [5, 5.41) is 4.29. The van der Waals surface area contributed by atoms with E-state index in [2.05, 4.69) is 10.3 Å². The maximum atomic E-state index is 13.3. The molecule has 1 N–H and O–H groups in total. The van der Waals surface area contributed by atoms with Crippen molar-refractivity contribution >= 4 is 34.4 Å². The van der Waals surface area contributed by atoms with Crippen LogP contribution in [-0.2, 0) is 0 Å². The normalized spacial score (nSPS) is 19.8. The Balaban J connectivity index is 1.66. The second-order valence-electron chi connectivity index (χ2n) is 8.07. The molecule has 1 aliphatic rings. The van der Waals surface area contributed by atoms with E-state index in [1.807, 2.05) is 63.4 Å². The fraction of sp³-hybridized carbons (Fsp3) is 0.318. The number of hydrogen-bond donors (Lipinski definition) is 1. The third kappa shape index (κ3) is 3.38. The molecule has 3 heterocycles. The fourth-order valence-electron chi connectivity index (χ4n) is 3.44. The first kappa shape index (κ1) is 18.9. The van der Waals surface area contributed by atoms with Crippen LogP contribution >= 0.6 is 11.8 Å². The molecule has 0 bridgehead atoms. The summed E-state index contributed by atoms with van der Waals surface area (Å²) in [5.74, 6) is 0.686. The largest absolute Gasteiger partial charge is 0.292 e. The molecule has 2 aromatic heterocycles. The number of ketones is 1.